The molecule has 6 nitrogen and oxygen atoms in total. The quantitative estimate of drug-likeness (QED) is 0.247. The summed E-state index contributed by atoms with van der Waals surface area (Å²) in [5, 5.41) is 6.94. The Kier molecular flexibility index (Phi) is 11.3. The Labute approximate surface area is 186 Å². The summed E-state index contributed by atoms with van der Waals surface area (Å²) in [6, 6.07) is 6.44. The van der Waals surface area contributed by atoms with Crippen LogP contribution in [0.25, 0.3) is 0 Å². The number of guanidine groups is 1. The SMILES string of the molecule is C=C(C)CN1CCC(NC(=NC)NCc2ccc(OC)c(OCC)c2)CC1.I. The molecule has 0 saturated carbocycles. The van der Waals surface area contributed by atoms with Crippen LogP contribution in [0.5, 0.6) is 11.5 Å². The lowest BCUT2D eigenvalue weighted by Gasteiger charge is -2.33. The molecule has 0 bridgehead atoms. The molecule has 1 aromatic carbocycles. The van der Waals surface area contributed by atoms with Gasteiger partial charge in [-0.05, 0) is 44.4 Å². The molecule has 2 rings (SSSR count). The summed E-state index contributed by atoms with van der Waals surface area (Å²) in [5.74, 6) is 2.36. The lowest BCUT2D eigenvalue weighted by molar-refractivity contribution is 0.221. The second kappa shape index (κ2) is 12.9. The Morgan fingerprint density at radius 1 is 1.29 bits per heavy atom. The molecular weight excluding hydrogens is 467 g/mol. The van der Waals surface area contributed by atoms with E-state index >= 15 is 0 Å². The van der Waals surface area contributed by atoms with Crippen molar-refractivity contribution in [3.05, 3.63) is 35.9 Å². The lowest BCUT2D eigenvalue weighted by atomic mass is 10.0. The van der Waals surface area contributed by atoms with E-state index in [1.807, 2.05) is 32.2 Å². The highest BCUT2D eigenvalue weighted by atomic mass is 127. The summed E-state index contributed by atoms with van der Waals surface area (Å²) in [7, 11) is 3.47. The molecule has 1 heterocycles. The van der Waals surface area contributed by atoms with E-state index in [1.54, 1.807) is 7.11 Å². The maximum absolute atomic E-state index is 5.65. The van der Waals surface area contributed by atoms with E-state index in [-0.39, 0.29) is 24.0 Å². The van der Waals surface area contributed by atoms with Crippen LogP contribution in [0.2, 0.25) is 0 Å². The lowest BCUT2D eigenvalue weighted by Crippen LogP contribution is -2.48. The summed E-state index contributed by atoms with van der Waals surface area (Å²) in [4.78, 5) is 6.83. The Morgan fingerprint density at radius 2 is 2.00 bits per heavy atom. The van der Waals surface area contributed by atoms with E-state index in [0.29, 0.717) is 19.2 Å². The zero-order chi connectivity index (χ0) is 19.6. The number of hydrogen-bond acceptors (Lipinski definition) is 4. The molecule has 1 aliphatic rings. The van der Waals surface area contributed by atoms with Crippen molar-refractivity contribution in [1.29, 1.82) is 0 Å². The third-order valence-corrected chi connectivity index (χ3v) is 4.63. The maximum Gasteiger partial charge on any atom is 0.191 e. The number of benzene rings is 1. The third kappa shape index (κ3) is 7.87. The van der Waals surface area contributed by atoms with Gasteiger partial charge in [0.1, 0.15) is 0 Å². The van der Waals surface area contributed by atoms with Gasteiger partial charge in [-0.3, -0.25) is 9.89 Å². The summed E-state index contributed by atoms with van der Waals surface area (Å²) in [5.41, 5.74) is 2.35. The van der Waals surface area contributed by atoms with Gasteiger partial charge >= 0.3 is 0 Å². The zero-order valence-corrected chi connectivity index (χ0v) is 19.9. The van der Waals surface area contributed by atoms with Crippen LogP contribution in [0.3, 0.4) is 0 Å². The largest absolute Gasteiger partial charge is 0.493 e. The molecule has 0 amide bonds. The highest BCUT2D eigenvalue weighted by Crippen LogP contribution is 2.27. The molecule has 7 heteroatoms. The number of hydrogen-bond donors (Lipinski definition) is 2. The van der Waals surface area contributed by atoms with E-state index in [2.05, 4.69) is 34.0 Å². The highest BCUT2D eigenvalue weighted by Gasteiger charge is 2.19. The van der Waals surface area contributed by atoms with Crippen LogP contribution in [0.1, 0.15) is 32.3 Å². The Hall–Kier alpha value is -1.48. The molecular formula is C21H35IN4O2. The smallest absolute Gasteiger partial charge is 0.191 e. The standard InChI is InChI=1S/C21H34N4O2.HI/c1-6-27-20-13-17(7-8-19(20)26-5)14-23-21(22-4)24-18-9-11-25(12-10-18)15-16(2)3;/h7-8,13,18H,2,6,9-12,14-15H2,1,3-5H3,(H2,22,23,24);1H. The van der Waals surface area contributed by atoms with Gasteiger partial charge in [-0.2, -0.15) is 0 Å². The highest BCUT2D eigenvalue weighted by molar-refractivity contribution is 14.0. The van der Waals surface area contributed by atoms with Gasteiger partial charge in [-0.15, -0.1) is 24.0 Å². The third-order valence-electron chi connectivity index (χ3n) is 4.63. The van der Waals surface area contributed by atoms with Gasteiger partial charge in [0, 0.05) is 39.3 Å². The van der Waals surface area contributed by atoms with E-state index in [0.717, 1.165) is 55.5 Å². The van der Waals surface area contributed by atoms with Gasteiger partial charge in [0.05, 0.1) is 13.7 Å². The van der Waals surface area contributed by atoms with E-state index < -0.39 is 0 Å². The van der Waals surface area contributed by atoms with Gasteiger partial charge in [-0.25, -0.2) is 0 Å². The monoisotopic (exact) mass is 502 g/mol. The fraction of sp³-hybridized carbons (Fsp3) is 0.571. The number of likely N-dealkylation sites (tertiary alicyclic amines) is 1. The van der Waals surface area contributed by atoms with Crippen molar-refractivity contribution in [3.8, 4) is 11.5 Å². The molecule has 28 heavy (non-hydrogen) atoms. The van der Waals surface area contributed by atoms with Gasteiger partial charge in [0.2, 0.25) is 0 Å². The van der Waals surface area contributed by atoms with Crippen molar-refractivity contribution in [1.82, 2.24) is 15.5 Å². The predicted molar refractivity (Wildman–Crippen MR) is 127 cm³/mol. The van der Waals surface area contributed by atoms with E-state index in [4.69, 9.17) is 9.47 Å². The first-order valence-corrected chi connectivity index (χ1v) is 9.69. The van der Waals surface area contributed by atoms with Crippen molar-refractivity contribution in [2.24, 2.45) is 4.99 Å². The number of halogens is 1. The molecule has 1 aliphatic heterocycles. The number of rotatable bonds is 8. The van der Waals surface area contributed by atoms with Crippen molar-refractivity contribution in [2.75, 3.05) is 40.4 Å². The fourth-order valence-corrected chi connectivity index (χ4v) is 3.29. The van der Waals surface area contributed by atoms with Crippen LogP contribution in [-0.2, 0) is 6.54 Å². The summed E-state index contributed by atoms with van der Waals surface area (Å²) < 4.78 is 11.0. The molecule has 0 atom stereocenters. The second-order valence-electron chi connectivity index (χ2n) is 7.00. The zero-order valence-electron chi connectivity index (χ0n) is 17.6. The number of piperidine rings is 1. The molecule has 0 unspecified atom stereocenters. The van der Waals surface area contributed by atoms with Gasteiger partial charge < -0.3 is 20.1 Å². The normalized spacial score (nSPS) is 15.5. The van der Waals surface area contributed by atoms with Crippen LogP contribution in [0.15, 0.2) is 35.3 Å². The minimum Gasteiger partial charge on any atom is -0.493 e. The van der Waals surface area contributed by atoms with Gasteiger partial charge in [0.15, 0.2) is 17.5 Å². The van der Waals surface area contributed by atoms with Crippen LogP contribution < -0.4 is 20.1 Å². The number of methoxy groups -OCH3 is 1. The minimum absolute atomic E-state index is 0. The van der Waals surface area contributed by atoms with Crippen molar-refractivity contribution < 1.29 is 9.47 Å². The first-order chi connectivity index (χ1) is 13.0. The second-order valence-corrected chi connectivity index (χ2v) is 7.00. The number of nitrogens with zero attached hydrogens (tertiary/aromatic N) is 2. The summed E-state index contributed by atoms with van der Waals surface area (Å²) >= 11 is 0. The van der Waals surface area contributed by atoms with Crippen LogP contribution in [-0.4, -0.2) is 57.3 Å². The molecule has 0 aromatic heterocycles. The van der Waals surface area contributed by atoms with Crippen molar-refractivity contribution >= 4 is 29.9 Å². The molecule has 1 fully saturated rings. The van der Waals surface area contributed by atoms with Crippen molar-refractivity contribution in [3.63, 3.8) is 0 Å². The van der Waals surface area contributed by atoms with Crippen LogP contribution in [0.4, 0.5) is 0 Å². The summed E-state index contributed by atoms with van der Waals surface area (Å²) in [6.07, 6.45) is 2.23. The Bertz CT molecular complexity index is 643. The predicted octanol–water partition coefficient (Wildman–Crippen LogP) is 3.42. The topological polar surface area (TPSA) is 58.1 Å². The number of ether oxygens (including phenoxy) is 2. The van der Waals surface area contributed by atoms with E-state index in [1.165, 1.54) is 5.57 Å². The molecule has 0 aliphatic carbocycles. The molecule has 158 valence electrons. The molecule has 2 N–H and O–H groups in total. The number of aliphatic imine (C=N–C) groups is 1. The molecule has 1 aromatic rings. The number of nitrogens with one attached hydrogen (secondary N) is 2. The molecule has 0 spiro atoms. The van der Waals surface area contributed by atoms with Crippen molar-refractivity contribution in [2.45, 2.75) is 39.3 Å². The summed E-state index contributed by atoms with van der Waals surface area (Å²) in [6.45, 7) is 12.5. The van der Waals surface area contributed by atoms with Gasteiger partial charge in [0.25, 0.3) is 0 Å². The van der Waals surface area contributed by atoms with Crippen LogP contribution >= 0.6 is 24.0 Å². The van der Waals surface area contributed by atoms with E-state index in [9.17, 15) is 0 Å². The first kappa shape index (κ1) is 24.6. The van der Waals surface area contributed by atoms with Crippen LogP contribution in [0, 0.1) is 0 Å². The van der Waals surface area contributed by atoms with Gasteiger partial charge in [-0.1, -0.05) is 18.2 Å². The Balaban J connectivity index is 0.00000392. The average molecular weight is 502 g/mol. The minimum atomic E-state index is 0. The molecule has 0 radical (unpaired) electrons. The average Bonchev–Trinajstić information content (AvgIpc) is 2.66. The molecule has 1 saturated heterocycles. The first-order valence-electron chi connectivity index (χ1n) is 9.69. The fourth-order valence-electron chi connectivity index (χ4n) is 3.29. The Morgan fingerprint density at radius 3 is 2.57 bits per heavy atom. The maximum atomic E-state index is 5.65.